The Balaban J connectivity index is 0.000000144. The molecule has 0 aliphatic rings. The van der Waals surface area contributed by atoms with Gasteiger partial charge < -0.3 is 4.55 Å². The number of benzene rings is 7. The fraction of sp³-hybridized carbons (Fsp3) is 0. The minimum absolute atomic E-state index is 0.0491. The average Bonchev–Trinajstić information content (AvgIpc) is 3.55. The first-order valence-corrected chi connectivity index (χ1v) is 17.6. The molecule has 3 nitrogen and oxygen atoms in total. The molecule has 1 aromatic heterocycles. The Morgan fingerprint density at radius 2 is 1.05 bits per heavy atom. The molecule has 1 heterocycles. The quantitative estimate of drug-likeness (QED) is 0.109. The summed E-state index contributed by atoms with van der Waals surface area (Å²) in [4.78, 5) is 2.58. The molecule has 0 saturated carbocycles. The first-order chi connectivity index (χ1) is 21.5. The van der Waals surface area contributed by atoms with E-state index in [9.17, 15) is 13.0 Å². The van der Waals surface area contributed by atoms with Gasteiger partial charge in [0.05, 0.1) is 4.90 Å². The predicted octanol–water partition coefficient (Wildman–Crippen LogP) is 10.00. The lowest BCUT2D eigenvalue weighted by atomic mass is 9.94. The van der Waals surface area contributed by atoms with Crippen LogP contribution >= 0.6 is 11.3 Å². The highest BCUT2D eigenvalue weighted by molar-refractivity contribution is 7.98. The molecule has 0 amide bonds. The zero-order valence-corrected chi connectivity index (χ0v) is 25.9. The number of hydrogen-bond acceptors (Lipinski definition) is 4. The van der Waals surface area contributed by atoms with Crippen molar-refractivity contribution in [2.45, 2.75) is 18.9 Å². The maximum atomic E-state index is 11.4. The van der Waals surface area contributed by atoms with Gasteiger partial charge in [0.2, 0.25) is 4.21 Å². The van der Waals surface area contributed by atoms with Crippen LogP contribution < -0.4 is 0 Å². The molecule has 8 rings (SSSR count). The summed E-state index contributed by atoms with van der Waals surface area (Å²) < 4.78 is 35.7. The minimum atomic E-state index is -4.48. The van der Waals surface area contributed by atoms with E-state index in [0.717, 1.165) is 26.9 Å². The Bertz CT molecular complexity index is 2240. The van der Waals surface area contributed by atoms with E-state index >= 15 is 0 Å². The van der Waals surface area contributed by atoms with Crippen LogP contribution in [0.3, 0.4) is 0 Å². The summed E-state index contributed by atoms with van der Waals surface area (Å²) in [5, 5.41) is 7.66. The smallest absolute Gasteiger partial charge is 0.220 e. The highest BCUT2D eigenvalue weighted by Gasteiger charge is 2.30. The minimum Gasteiger partial charge on any atom is -0.744 e. The normalized spacial score (nSPS) is 11.7. The summed E-state index contributed by atoms with van der Waals surface area (Å²) in [6.45, 7) is 0. The molecule has 0 saturated heterocycles. The fourth-order valence-corrected chi connectivity index (χ4v) is 9.88. The maximum absolute atomic E-state index is 11.4. The third-order valence-corrected chi connectivity index (χ3v) is 12.0. The van der Waals surface area contributed by atoms with E-state index in [4.69, 9.17) is 0 Å². The number of hydrogen-bond donors (Lipinski definition) is 0. The van der Waals surface area contributed by atoms with Crippen LogP contribution in [-0.2, 0) is 21.0 Å². The lowest BCUT2D eigenvalue weighted by molar-refractivity contribution is 0.464. The average molecular weight is 627 g/mol. The summed E-state index contributed by atoms with van der Waals surface area (Å²) in [6, 6.07) is 51.1. The lowest BCUT2D eigenvalue weighted by Gasteiger charge is -2.15. The van der Waals surface area contributed by atoms with Gasteiger partial charge in [0.15, 0.2) is 9.79 Å². The highest BCUT2D eigenvalue weighted by Crippen LogP contribution is 2.38. The van der Waals surface area contributed by atoms with Gasteiger partial charge in [-0.15, -0.1) is 0 Å². The van der Waals surface area contributed by atoms with Crippen LogP contribution in [0.1, 0.15) is 0 Å². The van der Waals surface area contributed by atoms with Gasteiger partial charge in [-0.25, -0.2) is 8.42 Å². The molecule has 214 valence electrons. The van der Waals surface area contributed by atoms with Crippen molar-refractivity contribution in [3.8, 4) is 11.1 Å². The van der Waals surface area contributed by atoms with Crippen molar-refractivity contribution >= 4 is 64.7 Å². The first-order valence-electron chi connectivity index (χ1n) is 14.1. The fourth-order valence-electron chi connectivity index (χ4n) is 5.61. The van der Waals surface area contributed by atoms with Gasteiger partial charge in [-0.05, 0) is 68.4 Å². The topological polar surface area (TPSA) is 57.2 Å². The molecule has 0 atom stereocenters. The molecule has 0 radical (unpaired) electrons. The van der Waals surface area contributed by atoms with Crippen molar-refractivity contribution in [3.63, 3.8) is 0 Å². The number of rotatable bonds is 5. The van der Waals surface area contributed by atoms with Gasteiger partial charge in [-0.2, -0.15) is 0 Å². The van der Waals surface area contributed by atoms with Crippen molar-refractivity contribution < 1.29 is 13.0 Å². The maximum Gasteiger partial charge on any atom is 0.220 e. The van der Waals surface area contributed by atoms with Gasteiger partial charge in [-0.1, -0.05) is 127 Å². The SMILES string of the molecule is O=S(=O)([O-])c1ccc2ccc3cccc4ccc1c2c34.c1ccc(-c2csc([S+](c3ccccc3)c3ccccc3)c2)cc1. The summed E-state index contributed by atoms with van der Waals surface area (Å²) >= 11 is 1.85. The third-order valence-electron chi connectivity index (χ3n) is 7.60. The molecule has 7 aromatic carbocycles. The standard InChI is InChI=1S/C22H17S2.C16H10O3S/c1-4-10-18(11-5-1)19-16-22(23-17-19)24(20-12-6-2-7-13-20)21-14-8-3-9-15-21;17-20(18,19)14-9-7-12-5-4-10-2-1-3-11-6-8-13(14)16(12)15(10)11/h1-17H;1-9H,(H,17,18,19)/q+1;/p-1. The summed E-state index contributed by atoms with van der Waals surface area (Å²) in [6.07, 6.45) is 0. The van der Waals surface area contributed by atoms with E-state index in [1.807, 2.05) is 47.7 Å². The molecular formula is C38H26O3S3. The Hall–Kier alpha value is -4.46. The number of thiophene rings is 1. The van der Waals surface area contributed by atoms with E-state index < -0.39 is 10.1 Å². The molecule has 0 aliphatic heterocycles. The second-order valence-electron chi connectivity index (χ2n) is 10.3. The van der Waals surface area contributed by atoms with Gasteiger partial charge >= 0.3 is 0 Å². The van der Waals surface area contributed by atoms with Crippen molar-refractivity contribution in [2.24, 2.45) is 0 Å². The third kappa shape index (κ3) is 5.49. The van der Waals surface area contributed by atoms with E-state index in [-0.39, 0.29) is 15.8 Å². The predicted molar refractivity (Wildman–Crippen MR) is 183 cm³/mol. The van der Waals surface area contributed by atoms with Gasteiger partial charge in [-0.3, -0.25) is 0 Å². The van der Waals surface area contributed by atoms with E-state index in [2.05, 4.69) is 102 Å². The van der Waals surface area contributed by atoms with Gasteiger partial charge in [0, 0.05) is 16.8 Å². The summed E-state index contributed by atoms with van der Waals surface area (Å²) in [5.41, 5.74) is 2.59. The Kier molecular flexibility index (Phi) is 7.66. The molecule has 44 heavy (non-hydrogen) atoms. The molecular weight excluding hydrogens is 601 g/mol. The van der Waals surface area contributed by atoms with E-state index in [1.165, 1.54) is 31.2 Å². The molecule has 0 aliphatic carbocycles. The van der Waals surface area contributed by atoms with Crippen LogP contribution in [0.4, 0.5) is 0 Å². The zero-order chi connectivity index (χ0) is 30.1. The van der Waals surface area contributed by atoms with Crippen LogP contribution in [0, 0.1) is 0 Å². The largest absolute Gasteiger partial charge is 0.744 e. The second-order valence-corrected chi connectivity index (χ2v) is 14.8. The monoisotopic (exact) mass is 626 g/mol. The molecule has 0 N–H and O–H groups in total. The van der Waals surface area contributed by atoms with Gasteiger partial charge in [0.25, 0.3) is 0 Å². The second kappa shape index (κ2) is 11.9. The van der Waals surface area contributed by atoms with Crippen LogP contribution in [0.2, 0.25) is 0 Å². The van der Waals surface area contributed by atoms with Crippen molar-refractivity contribution in [1.29, 1.82) is 0 Å². The van der Waals surface area contributed by atoms with Crippen LogP contribution in [0.25, 0.3) is 43.4 Å². The van der Waals surface area contributed by atoms with Crippen molar-refractivity contribution in [1.82, 2.24) is 0 Å². The van der Waals surface area contributed by atoms with Crippen LogP contribution in [0.5, 0.6) is 0 Å². The van der Waals surface area contributed by atoms with Gasteiger partial charge in [0.1, 0.15) is 21.0 Å². The van der Waals surface area contributed by atoms with Crippen molar-refractivity contribution in [2.75, 3.05) is 0 Å². The Labute approximate surface area is 263 Å². The molecule has 0 unspecified atom stereocenters. The van der Waals surface area contributed by atoms with Crippen molar-refractivity contribution in [3.05, 3.63) is 157 Å². The first kappa shape index (κ1) is 28.3. The van der Waals surface area contributed by atoms with E-state index in [1.54, 1.807) is 12.1 Å². The lowest BCUT2D eigenvalue weighted by Crippen LogP contribution is -2.02. The summed E-state index contributed by atoms with van der Waals surface area (Å²) in [5.74, 6) is 0. The molecule has 6 heteroatoms. The highest BCUT2D eigenvalue weighted by atomic mass is 32.2. The zero-order valence-electron chi connectivity index (χ0n) is 23.5. The molecule has 0 bridgehead atoms. The molecule has 0 spiro atoms. The molecule has 0 fully saturated rings. The van der Waals surface area contributed by atoms with Crippen LogP contribution in [0.15, 0.2) is 176 Å². The van der Waals surface area contributed by atoms with Crippen LogP contribution in [-0.4, -0.2) is 13.0 Å². The molecule has 8 aromatic rings. The Morgan fingerprint density at radius 1 is 0.523 bits per heavy atom. The Morgan fingerprint density at radius 3 is 1.64 bits per heavy atom. The van der Waals surface area contributed by atoms with E-state index in [0.29, 0.717) is 5.39 Å². The summed E-state index contributed by atoms with van der Waals surface area (Å²) in [7, 11) is -4.53.